The lowest BCUT2D eigenvalue weighted by molar-refractivity contribution is -0.108. The molecule has 0 spiro atoms. The third-order valence-electron chi connectivity index (χ3n) is 4.14. The first kappa shape index (κ1) is 12.5. The van der Waals surface area contributed by atoms with Gasteiger partial charge in [-0.25, -0.2) is 0 Å². The van der Waals surface area contributed by atoms with Gasteiger partial charge < -0.3 is 9.94 Å². The van der Waals surface area contributed by atoms with Crippen LogP contribution in [0.1, 0.15) is 44.9 Å². The fourth-order valence-corrected chi connectivity index (χ4v) is 3.52. The molecule has 0 saturated carbocycles. The Kier molecular flexibility index (Phi) is 2.82. The van der Waals surface area contributed by atoms with Crippen LogP contribution >= 0.6 is 0 Å². The highest BCUT2D eigenvalue weighted by Crippen LogP contribution is 2.42. The average molecular weight is 259 g/mol. The zero-order chi connectivity index (χ0) is 13.6. The molecule has 102 valence electrons. The predicted molar refractivity (Wildman–Crippen MR) is 75.6 cm³/mol. The molecular weight excluding hydrogens is 238 g/mol. The van der Waals surface area contributed by atoms with Crippen molar-refractivity contribution >= 4 is 10.9 Å². The van der Waals surface area contributed by atoms with Crippen LogP contribution in [-0.4, -0.2) is 16.0 Å². The Morgan fingerprint density at radius 2 is 2.16 bits per heavy atom. The van der Waals surface area contributed by atoms with Gasteiger partial charge in [0, 0.05) is 11.8 Å². The molecule has 0 bridgehead atoms. The molecule has 1 aliphatic rings. The molecule has 0 amide bonds. The van der Waals surface area contributed by atoms with E-state index in [1.54, 1.807) is 0 Å². The highest BCUT2D eigenvalue weighted by molar-refractivity contribution is 5.85. The van der Waals surface area contributed by atoms with E-state index in [0.29, 0.717) is 0 Å². The smallest absolute Gasteiger partial charge is 0.109 e. The van der Waals surface area contributed by atoms with Crippen LogP contribution in [0.15, 0.2) is 24.3 Å². The van der Waals surface area contributed by atoms with Crippen LogP contribution in [0.5, 0.6) is 0 Å². The van der Waals surface area contributed by atoms with E-state index < -0.39 is 5.60 Å². The molecular formula is C16H21NO2. The monoisotopic (exact) mass is 259 g/mol. The number of rotatable bonds is 2. The number of fused-ring (bicyclic) bond motifs is 3. The fourth-order valence-electron chi connectivity index (χ4n) is 3.52. The Morgan fingerprint density at radius 3 is 2.89 bits per heavy atom. The van der Waals surface area contributed by atoms with Gasteiger partial charge >= 0.3 is 0 Å². The SMILES string of the molecule is CCCC1(C)OC(C)Cc2c1n(O)c1ccccc21. The Morgan fingerprint density at radius 1 is 1.42 bits per heavy atom. The van der Waals surface area contributed by atoms with Crippen molar-refractivity contribution in [3.8, 4) is 0 Å². The van der Waals surface area contributed by atoms with Crippen LogP contribution in [0.4, 0.5) is 0 Å². The maximum Gasteiger partial charge on any atom is 0.109 e. The van der Waals surface area contributed by atoms with Gasteiger partial charge in [-0.3, -0.25) is 0 Å². The van der Waals surface area contributed by atoms with E-state index in [1.807, 2.05) is 18.2 Å². The van der Waals surface area contributed by atoms with E-state index in [2.05, 4.69) is 26.8 Å². The molecule has 0 radical (unpaired) electrons. The Labute approximate surface area is 113 Å². The first-order chi connectivity index (χ1) is 9.07. The third-order valence-corrected chi connectivity index (χ3v) is 4.14. The van der Waals surface area contributed by atoms with Crippen molar-refractivity contribution in [3.05, 3.63) is 35.5 Å². The molecule has 2 heterocycles. The summed E-state index contributed by atoms with van der Waals surface area (Å²) >= 11 is 0. The normalized spacial score (nSPS) is 26.6. The molecule has 2 atom stereocenters. The van der Waals surface area contributed by atoms with E-state index in [4.69, 9.17) is 4.74 Å². The van der Waals surface area contributed by atoms with Crippen LogP contribution in [0.25, 0.3) is 10.9 Å². The van der Waals surface area contributed by atoms with Crippen molar-refractivity contribution in [2.75, 3.05) is 0 Å². The lowest BCUT2D eigenvalue weighted by Gasteiger charge is -2.38. The van der Waals surface area contributed by atoms with Crippen LogP contribution in [0.3, 0.4) is 0 Å². The number of ether oxygens (including phenoxy) is 1. The molecule has 0 saturated heterocycles. The molecule has 3 nitrogen and oxygen atoms in total. The number of nitrogens with zero attached hydrogens (tertiary/aromatic N) is 1. The minimum atomic E-state index is -0.393. The molecule has 2 aromatic rings. The van der Waals surface area contributed by atoms with Crippen LogP contribution in [0, 0.1) is 0 Å². The summed E-state index contributed by atoms with van der Waals surface area (Å²) in [6.45, 7) is 6.36. The molecule has 1 aromatic carbocycles. The molecule has 1 N–H and O–H groups in total. The van der Waals surface area contributed by atoms with Crippen molar-refractivity contribution in [1.29, 1.82) is 0 Å². The van der Waals surface area contributed by atoms with Crippen LogP contribution in [-0.2, 0) is 16.8 Å². The zero-order valence-corrected chi connectivity index (χ0v) is 11.8. The van der Waals surface area contributed by atoms with E-state index in [1.165, 1.54) is 10.3 Å². The molecule has 2 unspecified atom stereocenters. The first-order valence-electron chi connectivity index (χ1n) is 7.06. The van der Waals surface area contributed by atoms with Crippen molar-refractivity contribution in [3.63, 3.8) is 0 Å². The number of aromatic nitrogens is 1. The zero-order valence-electron chi connectivity index (χ0n) is 11.8. The first-order valence-corrected chi connectivity index (χ1v) is 7.06. The van der Waals surface area contributed by atoms with Crippen molar-refractivity contribution in [2.45, 2.75) is 51.7 Å². The van der Waals surface area contributed by atoms with Crippen LogP contribution in [0.2, 0.25) is 0 Å². The van der Waals surface area contributed by atoms with Crippen LogP contribution < -0.4 is 0 Å². The van der Waals surface area contributed by atoms with Gasteiger partial charge in [-0.05, 0) is 31.9 Å². The van der Waals surface area contributed by atoms with Gasteiger partial charge in [0.05, 0.1) is 17.3 Å². The van der Waals surface area contributed by atoms with Gasteiger partial charge in [-0.2, -0.15) is 4.73 Å². The van der Waals surface area contributed by atoms with Crippen molar-refractivity contribution in [1.82, 2.24) is 4.73 Å². The summed E-state index contributed by atoms with van der Waals surface area (Å²) in [6.07, 6.45) is 3.00. The minimum Gasteiger partial charge on any atom is -0.428 e. The fraction of sp³-hybridized carbons (Fsp3) is 0.500. The molecule has 19 heavy (non-hydrogen) atoms. The summed E-state index contributed by atoms with van der Waals surface area (Å²) in [6, 6.07) is 8.04. The second-order valence-corrected chi connectivity index (χ2v) is 5.77. The van der Waals surface area contributed by atoms with Gasteiger partial charge in [0.2, 0.25) is 0 Å². The largest absolute Gasteiger partial charge is 0.428 e. The maximum atomic E-state index is 10.5. The summed E-state index contributed by atoms with van der Waals surface area (Å²) in [7, 11) is 0. The maximum absolute atomic E-state index is 10.5. The van der Waals surface area contributed by atoms with Gasteiger partial charge in [0.15, 0.2) is 0 Å². The predicted octanol–water partition coefficient (Wildman–Crippen LogP) is 3.86. The van der Waals surface area contributed by atoms with Crippen molar-refractivity contribution < 1.29 is 9.94 Å². The average Bonchev–Trinajstić information content (AvgIpc) is 2.64. The lowest BCUT2D eigenvalue weighted by atomic mass is 9.87. The standard InChI is InChI=1S/C16H21NO2/c1-4-9-16(3)15-13(10-11(2)19-16)12-7-5-6-8-14(12)17(15)18/h5-8,11,18H,4,9-10H2,1-3H3. The lowest BCUT2D eigenvalue weighted by Crippen LogP contribution is -2.38. The van der Waals surface area contributed by atoms with Gasteiger partial charge in [0.25, 0.3) is 0 Å². The van der Waals surface area contributed by atoms with E-state index in [0.717, 1.165) is 35.9 Å². The second-order valence-electron chi connectivity index (χ2n) is 5.77. The highest BCUT2D eigenvalue weighted by atomic mass is 16.5. The Balaban J connectivity index is 2.30. The molecule has 0 fully saturated rings. The summed E-state index contributed by atoms with van der Waals surface area (Å²) in [5.41, 5.74) is 2.67. The second kappa shape index (κ2) is 4.27. The molecule has 0 aliphatic carbocycles. The summed E-state index contributed by atoms with van der Waals surface area (Å²) in [5, 5.41) is 11.7. The third kappa shape index (κ3) is 1.76. The Bertz CT molecular complexity index is 616. The number of para-hydroxylation sites is 1. The van der Waals surface area contributed by atoms with Gasteiger partial charge in [-0.15, -0.1) is 0 Å². The molecule has 1 aromatic heterocycles. The van der Waals surface area contributed by atoms with Crippen molar-refractivity contribution in [2.24, 2.45) is 0 Å². The Hall–Kier alpha value is -1.48. The van der Waals surface area contributed by atoms with E-state index in [-0.39, 0.29) is 6.10 Å². The summed E-state index contributed by atoms with van der Waals surface area (Å²) < 4.78 is 7.51. The summed E-state index contributed by atoms with van der Waals surface area (Å²) in [4.78, 5) is 0. The topological polar surface area (TPSA) is 34.4 Å². The molecule has 1 aliphatic heterocycles. The summed E-state index contributed by atoms with van der Waals surface area (Å²) in [5.74, 6) is 0. The molecule has 3 rings (SSSR count). The van der Waals surface area contributed by atoms with E-state index >= 15 is 0 Å². The number of hydrogen-bond donors (Lipinski definition) is 1. The van der Waals surface area contributed by atoms with Gasteiger partial charge in [-0.1, -0.05) is 31.5 Å². The number of hydrogen-bond acceptors (Lipinski definition) is 2. The minimum absolute atomic E-state index is 0.190. The van der Waals surface area contributed by atoms with E-state index in [9.17, 15) is 5.21 Å². The molecule has 3 heteroatoms. The number of benzene rings is 1. The quantitative estimate of drug-likeness (QED) is 0.831. The highest BCUT2D eigenvalue weighted by Gasteiger charge is 2.40. The van der Waals surface area contributed by atoms with Gasteiger partial charge in [0.1, 0.15) is 5.60 Å².